The van der Waals surface area contributed by atoms with Gasteiger partial charge in [-0.3, -0.25) is 9.59 Å². The van der Waals surface area contributed by atoms with Gasteiger partial charge >= 0.3 is 5.97 Å². The van der Waals surface area contributed by atoms with Crippen LogP contribution in [0.1, 0.15) is 23.6 Å². The summed E-state index contributed by atoms with van der Waals surface area (Å²) in [6, 6.07) is 10.2. The van der Waals surface area contributed by atoms with Gasteiger partial charge in [0.2, 0.25) is 0 Å². The second-order valence-corrected chi connectivity index (χ2v) is 10.5. The first kappa shape index (κ1) is 22.9. The van der Waals surface area contributed by atoms with Gasteiger partial charge in [-0.1, -0.05) is 36.5 Å². The number of sulfone groups is 1. The van der Waals surface area contributed by atoms with Gasteiger partial charge in [0.1, 0.15) is 6.54 Å². The summed E-state index contributed by atoms with van der Waals surface area (Å²) < 4.78 is 31.3. The molecule has 3 rings (SSSR count). The van der Waals surface area contributed by atoms with Crippen molar-refractivity contribution >= 4 is 43.3 Å². The van der Waals surface area contributed by atoms with Crippen molar-refractivity contribution in [2.24, 2.45) is 4.99 Å². The number of hydrogen-bond acceptors (Lipinski definition) is 6. The Hall–Kier alpha value is -2.78. The van der Waals surface area contributed by atoms with Crippen molar-refractivity contribution in [2.75, 3.05) is 12.9 Å². The van der Waals surface area contributed by atoms with Gasteiger partial charge in [0, 0.05) is 0 Å². The molecule has 0 radical (unpaired) electrons. The summed E-state index contributed by atoms with van der Waals surface area (Å²) in [5, 5.41) is 0. The number of amides is 1. The van der Waals surface area contributed by atoms with Crippen molar-refractivity contribution in [1.82, 2.24) is 4.57 Å². The predicted molar refractivity (Wildman–Crippen MR) is 120 cm³/mol. The molecular formula is C22H24N2O5S2. The molecule has 0 fully saturated rings. The number of methoxy groups -OCH3 is 1. The summed E-state index contributed by atoms with van der Waals surface area (Å²) >= 11 is 1.35. The molecule has 1 heterocycles. The first-order valence-electron chi connectivity index (χ1n) is 9.71. The molecule has 0 aliphatic heterocycles. The lowest BCUT2D eigenvalue weighted by Crippen LogP contribution is -2.22. The lowest BCUT2D eigenvalue weighted by Gasteiger charge is -2.05. The quantitative estimate of drug-likeness (QED) is 0.527. The van der Waals surface area contributed by atoms with Gasteiger partial charge in [0.15, 0.2) is 14.6 Å². The molecule has 0 atom stereocenters. The molecule has 0 bridgehead atoms. The maximum Gasteiger partial charge on any atom is 0.325 e. The summed E-state index contributed by atoms with van der Waals surface area (Å²) in [7, 11) is -1.97. The number of ether oxygens (including phenoxy) is 1. The third-order valence-electron chi connectivity index (χ3n) is 4.87. The molecule has 3 aromatic rings. The van der Waals surface area contributed by atoms with Crippen LogP contribution in [0, 0.1) is 13.8 Å². The summed E-state index contributed by atoms with van der Waals surface area (Å²) in [6.07, 6.45) is 0.0247. The Labute approximate surface area is 184 Å². The maximum absolute atomic E-state index is 12.6. The third-order valence-corrected chi connectivity index (χ3v) is 7.85. The summed E-state index contributed by atoms with van der Waals surface area (Å²) in [6.45, 7) is 5.49. The van der Waals surface area contributed by atoms with Crippen molar-refractivity contribution in [2.45, 2.75) is 38.6 Å². The molecule has 0 N–H and O–H groups in total. The van der Waals surface area contributed by atoms with Gasteiger partial charge in [-0.25, -0.2) is 8.42 Å². The highest BCUT2D eigenvalue weighted by atomic mass is 32.2. The zero-order chi connectivity index (χ0) is 22.8. The zero-order valence-electron chi connectivity index (χ0n) is 17.8. The van der Waals surface area contributed by atoms with Gasteiger partial charge in [-0.15, -0.1) is 0 Å². The number of nitrogens with zero attached hydrogens (tertiary/aromatic N) is 2. The summed E-state index contributed by atoms with van der Waals surface area (Å²) in [5.74, 6) is -0.794. The molecular weight excluding hydrogens is 436 g/mol. The lowest BCUT2D eigenvalue weighted by molar-refractivity contribution is -0.141. The number of rotatable bonds is 6. The van der Waals surface area contributed by atoms with E-state index in [0.717, 1.165) is 21.3 Å². The number of aryl methyl sites for hydroxylation is 2. The molecule has 1 aromatic heterocycles. The van der Waals surface area contributed by atoms with Gasteiger partial charge < -0.3 is 9.30 Å². The van der Waals surface area contributed by atoms with E-state index in [1.54, 1.807) is 23.6 Å². The highest BCUT2D eigenvalue weighted by Crippen LogP contribution is 2.23. The molecule has 0 saturated carbocycles. The van der Waals surface area contributed by atoms with Crippen LogP contribution < -0.4 is 4.80 Å². The second kappa shape index (κ2) is 9.15. The number of esters is 1. The fourth-order valence-electron chi connectivity index (χ4n) is 3.25. The van der Waals surface area contributed by atoms with E-state index in [-0.39, 0.29) is 29.5 Å². The first-order valence-corrected chi connectivity index (χ1v) is 12.2. The molecule has 2 aromatic carbocycles. The third kappa shape index (κ3) is 5.11. The number of thiazole rings is 1. The molecule has 0 spiro atoms. The number of hydrogen-bond donors (Lipinski definition) is 0. The summed E-state index contributed by atoms with van der Waals surface area (Å²) in [5.41, 5.74) is 3.58. The van der Waals surface area contributed by atoms with E-state index in [0.29, 0.717) is 10.4 Å². The van der Waals surface area contributed by atoms with E-state index in [4.69, 9.17) is 4.74 Å². The van der Waals surface area contributed by atoms with Crippen molar-refractivity contribution in [3.63, 3.8) is 0 Å². The molecule has 31 heavy (non-hydrogen) atoms. The Balaban J connectivity index is 1.97. The smallest absolute Gasteiger partial charge is 0.325 e. The molecule has 0 aliphatic carbocycles. The molecule has 1 amide bonds. The Morgan fingerprint density at radius 1 is 1.13 bits per heavy atom. The fraction of sp³-hybridized carbons (Fsp3) is 0.318. The van der Waals surface area contributed by atoms with Crippen LogP contribution in [-0.2, 0) is 37.1 Å². The predicted octanol–water partition coefficient (Wildman–Crippen LogP) is 2.96. The first-order chi connectivity index (χ1) is 14.6. The van der Waals surface area contributed by atoms with Gasteiger partial charge in [-0.05, 0) is 48.7 Å². The minimum Gasteiger partial charge on any atom is -0.468 e. The van der Waals surface area contributed by atoms with Crippen molar-refractivity contribution in [3.05, 3.63) is 57.9 Å². The summed E-state index contributed by atoms with van der Waals surface area (Å²) in [4.78, 5) is 29.5. The van der Waals surface area contributed by atoms with E-state index < -0.39 is 15.8 Å². The van der Waals surface area contributed by atoms with Gasteiger partial charge in [0.05, 0.1) is 34.4 Å². The van der Waals surface area contributed by atoms with Crippen LogP contribution in [0.2, 0.25) is 0 Å². The fourth-order valence-corrected chi connectivity index (χ4v) is 5.23. The van der Waals surface area contributed by atoms with E-state index in [1.807, 2.05) is 26.0 Å². The molecule has 0 saturated heterocycles. The average Bonchev–Trinajstić information content (AvgIpc) is 3.05. The Kier molecular flexibility index (Phi) is 6.76. The van der Waals surface area contributed by atoms with Crippen molar-refractivity contribution in [3.8, 4) is 0 Å². The standard InChI is InChI=1S/C22H24N2O5S2/c1-5-31(27,28)17-8-6-16(7-9-17)12-19(25)23-22-24(13-20(26)29-4)18-11-14(2)10-15(3)21(18)30-22/h6-11H,5,12-13H2,1-4H3. The van der Waals surface area contributed by atoms with E-state index in [9.17, 15) is 18.0 Å². The number of benzene rings is 2. The number of aromatic nitrogens is 1. The SMILES string of the molecule is CCS(=O)(=O)c1ccc(CC(=O)N=c2sc3c(C)cc(C)cc3n2CC(=O)OC)cc1. The van der Waals surface area contributed by atoms with Gasteiger partial charge in [-0.2, -0.15) is 4.99 Å². The Morgan fingerprint density at radius 3 is 2.42 bits per heavy atom. The van der Waals surface area contributed by atoms with Crippen LogP contribution in [0.25, 0.3) is 10.2 Å². The van der Waals surface area contributed by atoms with Crippen LogP contribution in [0.4, 0.5) is 0 Å². The minimum atomic E-state index is -3.29. The van der Waals surface area contributed by atoms with Crippen LogP contribution in [0.5, 0.6) is 0 Å². The second-order valence-electron chi connectivity index (χ2n) is 7.21. The van der Waals surface area contributed by atoms with Crippen LogP contribution >= 0.6 is 11.3 Å². The monoisotopic (exact) mass is 460 g/mol. The largest absolute Gasteiger partial charge is 0.468 e. The topological polar surface area (TPSA) is 94.8 Å². The number of carbonyl (C=O) groups excluding carboxylic acids is 2. The molecule has 9 heteroatoms. The van der Waals surface area contributed by atoms with Crippen LogP contribution in [0.15, 0.2) is 46.3 Å². The molecule has 0 aliphatic rings. The molecule has 0 unspecified atom stereocenters. The van der Waals surface area contributed by atoms with E-state index >= 15 is 0 Å². The Bertz CT molecular complexity index is 1320. The lowest BCUT2D eigenvalue weighted by atomic mass is 10.1. The highest BCUT2D eigenvalue weighted by molar-refractivity contribution is 7.91. The van der Waals surface area contributed by atoms with Crippen LogP contribution in [-0.4, -0.2) is 37.7 Å². The maximum atomic E-state index is 12.6. The normalized spacial score (nSPS) is 12.3. The number of fused-ring (bicyclic) bond motifs is 1. The number of carbonyl (C=O) groups is 2. The minimum absolute atomic E-state index is 0.0195. The Morgan fingerprint density at radius 2 is 1.81 bits per heavy atom. The molecule has 164 valence electrons. The molecule has 7 nitrogen and oxygen atoms in total. The zero-order valence-corrected chi connectivity index (χ0v) is 19.5. The van der Waals surface area contributed by atoms with Crippen LogP contribution in [0.3, 0.4) is 0 Å². The van der Waals surface area contributed by atoms with Gasteiger partial charge in [0.25, 0.3) is 5.91 Å². The van der Waals surface area contributed by atoms with E-state index in [1.165, 1.54) is 30.6 Å². The van der Waals surface area contributed by atoms with E-state index in [2.05, 4.69) is 4.99 Å². The average molecular weight is 461 g/mol. The van der Waals surface area contributed by atoms with Crippen molar-refractivity contribution < 1.29 is 22.7 Å². The van der Waals surface area contributed by atoms with Crippen molar-refractivity contribution in [1.29, 1.82) is 0 Å². The highest BCUT2D eigenvalue weighted by Gasteiger charge is 2.15.